The van der Waals surface area contributed by atoms with Crippen LogP contribution in [-0.4, -0.2) is 31.0 Å². The van der Waals surface area contributed by atoms with E-state index in [0.29, 0.717) is 19.6 Å². The van der Waals surface area contributed by atoms with Crippen molar-refractivity contribution in [1.29, 1.82) is 0 Å². The molecule has 1 aliphatic heterocycles. The molecule has 1 fully saturated rings. The van der Waals surface area contributed by atoms with Gasteiger partial charge < -0.3 is 15.0 Å². The van der Waals surface area contributed by atoms with Crippen LogP contribution in [0.3, 0.4) is 0 Å². The third-order valence-electron chi connectivity index (χ3n) is 3.52. The summed E-state index contributed by atoms with van der Waals surface area (Å²) in [6.07, 6.45) is 0.313. The first-order chi connectivity index (χ1) is 10.0. The molecule has 0 spiro atoms. The van der Waals surface area contributed by atoms with Gasteiger partial charge >= 0.3 is 0 Å². The van der Waals surface area contributed by atoms with Crippen molar-refractivity contribution >= 4 is 17.5 Å². The highest BCUT2D eigenvalue weighted by atomic mass is 16.5. The Morgan fingerprint density at radius 2 is 2.14 bits per heavy atom. The molecule has 114 valence electrons. The minimum absolute atomic E-state index is 0.0529. The molecule has 0 aromatic heterocycles. The molecule has 21 heavy (non-hydrogen) atoms. The minimum Gasteiger partial charge on any atom is -0.494 e. The van der Waals surface area contributed by atoms with Crippen LogP contribution in [0.2, 0.25) is 0 Å². The summed E-state index contributed by atoms with van der Waals surface area (Å²) in [6.45, 7) is 6.75. The van der Waals surface area contributed by atoms with E-state index in [2.05, 4.69) is 5.32 Å². The van der Waals surface area contributed by atoms with E-state index in [4.69, 9.17) is 4.74 Å². The summed E-state index contributed by atoms with van der Waals surface area (Å²) >= 11 is 0. The minimum atomic E-state index is -0.476. The van der Waals surface area contributed by atoms with E-state index in [0.717, 1.165) is 11.4 Å². The van der Waals surface area contributed by atoms with Crippen molar-refractivity contribution in [1.82, 2.24) is 5.32 Å². The third kappa shape index (κ3) is 3.54. The normalized spacial score (nSPS) is 19.4. The van der Waals surface area contributed by atoms with Crippen molar-refractivity contribution in [3.8, 4) is 5.75 Å². The van der Waals surface area contributed by atoms with Crippen LogP contribution >= 0.6 is 0 Å². The molecular weight excluding hydrogens is 268 g/mol. The smallest absolute Gasteiger partial charge is 0.249 e. The molecule has 1 atom stereocenters. The quantitative estimate of drug-likeness (QED) is 0.922. The summed E-state index contributed by atoms with van der Waals surface area (Å²) in [5.74, 6) is 0.638. The molecule has 1 heterocycles. The molecule has 0 aliphatic carbocycles. The molecule has 1 aromatic carbocycles. The van der Waals surface area contributed by atoms with Gasteiger partial charge in [-0.2, -0.15) is 0 Å². The molecule has 2 amide bonds. The number of nitrogens with one attached hydrogen (secondary N) is 1. The highest BCUT2D eigenvalue weighted by Crippen LogP contribution is 2.24. The molecule has 0 saturated carbocycles. The van der Waals surface area contributed by atoms with Crippen LogP contribution in [0.5, 0.6) is 5.75 Å². The van der Waals surface area contributed by atoms with E-state index < -0.39 is 6.04 Å². The first-order valence-electron chi connectivity index (χ1n) is 7.36. The molecule has 5 heteroatoms. The van der Waals surface area contributed by atoms with Crippen LogP contribution in [0, 0.1) is 5.92 Å². The SMILES string of the molecule is CCOc1cccc(N2CCC(=O)NC(C(C)C)C2=O)c1. The number of rotatable bonds is 4. The van der Waals surface area contributed by atoms with E-state index >= 15 is 0 Å². The van der Waals surface area contributed by atoms with Gasteiger partial charge in [-0.25, -0.2) is 0 Å². The lowest BCUT2D eigenvalue weighted by Gasteiger charge is -2.26. The summed E-state index contributed by atoms with van der Waals surface area (Å²) in [5.41, 5.74) is 0.771. The topological polar surface area (TPSA) is 58.6 Å². The van der Waals surface area contributed by atoms with Crippen LogP contribution in [0.4, 0.5) is 5.69 Å². The Hall–Kier alpha value is -2.04. The number of benzene rings is 1. The predicted octanol–water partition coefficient (Wildman–Crippen LogP) is 1.96. The first kappa shape index (κ1) is 15.4. The van der Waals surface area contributed by atoms with E-state index in [-0.39, 0.29) is 17.7 Å². The van der Waals surface area contributed by atoms with Crippen molar-refractivity contribution in [2.45, 2.75) is 33.2 Å². The summed E-state index contributed by atoms with van der Waals surface area (Å²) in [7, 11) is 0. The monoisotopic (exact) mass is 290 g/mol. The van der Waals surface area contributed by atoms with Crippen molar-refractivity contribution in [3.05, 3.63) is 24.3 Å². The molecule has 0 bridgehead atoms. The van der Waals surface area contributed by atoms with E-state index in [1.165, 1.54) is 0 Å². The Labute approximate surface area is 125 Å². The van der Waals surface area contributed by atoms with Gasteiger partial charge in [0.2, 0.25) is 11.8 Å². The van der Waals surface area contributed by atoms with E-state index in [1.54, 1.807) is 4.90 Å². The van der Waals surface area contributed by atoms with Gasteiger partial charge in [-0.3, -0.25) is 9.59 Å². The molecule has 1 N–H and O–H groups in total. The second kappa shape index (κ2) is 6.61. The number of carbonyl (C=O) groups excluding carboxylic acids is 2. The zero-order valence-electron chi connectivity index (χ0n) is 12.8. The fourth-order valence-electron chi connectivity index (χ4n) is 2.41. The van der Waals surface area contributed by atoms with Gasteiger partial charge in [0.15, 0.2) is 0 Å². The van der Waals surface area contributed by atoms with Crippen LogP contribution in [0.1, 0.15) is 27.2 Å². The lowest BCUT2D eigenvalue weighted by molar-refractivity contribution is -0.126. The number of anilines is 1. The summed E-state index contributed by atoms with van der Waals surface area (Å²) in [6, 6.07) is 6.95. The third-order valence-corrected chi connectivity index (χ3v) is 3.52. The largest absolute Gasteiger partial charge is 0.494 e. The van der Waals surface area contributed by atoms with Crippen LogP contribution in [0.25, 0.3) is 0 Å². The first-order valence-corrected chi connectivity index (χ1v) is 7.36. The van der Waals surface area contributed by atoms with Crippen molar-refractivity contribution < 1.29 is 14.3 Å². The number of hydrogen-bond acceptors (Lipinski definition) is 3. The number of amides is 2. The summed E-state index contributed by atoms with van der Waals surface area (Å²) in [4.78, 5) is 26.1. The van der Waals surface area contributed by atoms with Crippen LogP contribution in [0.15, 0.2) is 24.3 Å². The molecule has 1 unspecified atom stereocenters. The van der Waals surface area contributed by atoms with Gasteiger partial charge in [0.1, 0.15) is 11.8 Å². The van der Waals surface area contributed by atoms with Gasteiger partial charge in [0, 0.05) is 24.7 Å². The average molecular weight is 290 g/mol. The number of nitrogens with zero attached hydrogens (tertiary/aromatic N) is 1. The summed E-state index contributed by atoms with van der Waals surface area (Å²) < 4.78 is 5.48. The lowest BCUT2D eigenvalue weighted by atomic mass is 10.0. The Morgan fingerprint density at radius 3 is 2.81 bits per heavy atom. The maximum atomic E-state index is 12.7. The molecule has 2 rings (SSSR count). The predicted molar refractivity (Wildman–Crippen MR) is 81.3 cm³/mol. The average Bonchev–Trinajstić information content (AvgIpc) is 2.59. The van der Waals surface area contributed by atoms with Gasteiger partial charge in [-0.05, 0) is 25.0 Å². The molecular formula is C16H22N2O3. The number of ether oxygens (including phenoxy) is 1. The van der Waals surface area contributed by atoms with Crippen LogP contribution < -0.4 is 15.0 Å². The zero-order chi connectivity index (χ0) is 15.4. The van der Waals surface area contributed by atoms with Crippen molar-refractivity contribution in [3.63, 3.8) is 0 Å². The molecule has 0 radical (unpaired) electrons. The fourth-order valence-corrected chi connectivity index (χ4v) is 2.41. The Morgan fingerprint density at radius 1 is 1.38 bits per heavy atom. The van der Waals surface area contributed by atoms with E-state index in [9.17, 15) is 9.59 Å². The zero-order valence-corrected chi connectivity index (χ0v) is 12.8. The Kier molecular flexibility index (Phi) is 4.83. The van der Waals surface area contributed by atoms with Crippen molar-refractivity contribution in [2.75, 3.05) is 18.1 Å². The molecule has 5 nitrogen and oxygen atoms in total. The molecule has 1 aromatic rings. The second-order valence-electron chi connectivity index (χ2n) is 5.46. The number of carbonyl (C=O) groups is 2. The van der Waals surface area contributed by atoms with Gasteiger partial charge in [0.05, 0.1) is 6.61 Å². The maximum Gasteiger partial charge on any atom is 0.249 e. The van der Waals surface area contributed by atoms with E-state index in [1.807, 2.05) is 45.0 Å². The van der Waals surface area contributed by atoms with Gasteiger partial charge in [0.25, 0.3) is 0 Å². The maximum absolute atomic E-state index is 12.7. The standard InChI is InChI=1S/C16H22N2O3/c1-4-21-13-7-5-6-12(10-13)18-9-8-14(19)17-15(11(2)3)16(18)20/h5-7,10-11,15H,4,8-9H2,1-3H3,(H,17,19). The highest BCUT2D eigenvalue weighted by molar-refractivity contribution is 6.01. The summed E-state index contributed by atoms with van der Waals surface area (Å²) in [5, 5.41) is 2.81. The highest BCUT2D eigenvalue weighted by Gasteiger charge is 2.32. The number of hydrogen-bond donors (Lipinski definition) is 1. The lowest BCUT2D eigenvalue weighted by Crippen LogP contribution is -2.47. The second-order valence-corrected chi connectivity index (χ2v) is 5.46. The van der Waals surface area contributed by atoms with Gasteiger partial charge in [-0.1, -0.05) is 19.9 Å². The Bertz CT molecular complexity index is 528. The van der Waals surface area contributed by atoms with Crippen LogP contribution in [-0.2, 0) is 9.59 Å². The molecule has 1 saturated heterocycles. The fraction of sp³-hybridized carbons (Fsp3) is 0.500. The molecule has 1 aliphatic rings. The van der Waals surface area contributed by atoms with Gasteiger partial charge in [-0.15, -0.1) is 0 Å². The Balaban J connectivity index is 2.30. The van der Waals surface area contributed by atoms with Crippen molar-refractivity contribution in [2.24, 2.45) is 5.92 Å².